The topological polar surface area (TPSA) is 138 Å². The standard InChI is InChI=1S/C13H12N2O7/c1-13(5-9(16)17)11-7(3-2-4-8(11)15(21)22)14(12(13)20)6-10(18)19/h2-4H,5-6H2,1H3,(H,16,17)(H,18,19). The predicted molar refractivity (Wildman–Crippen MR) is 72.7 cm³/mol. The van der Waals surface area contributed by atoms with Gasteiger partial charge < -0.3 is 10.2 Å². The van der Waals surface area contributed by atoms with E-state index in [1.54, 1.807) is 0 Å². The number of carboxylic acids is 2. The number of carbonyl (C=O) groups excluding carboxylic acids is 1. The number of carbonyl (C=O) groups is 3. The van der Waals surface area contributed by atoms with Crippen LogP contribution < -0.4 is 4.90 Å². The molecule has 0 bridgehead atoms. The van der Waals surface area contributed by atoms with Crippen LogP contribution in [-0.4, -0.2) is 39.5 Å². The summed E-state index contributed by atoms with van der Waals surface area (Å²) in [5.74, 6) is -3.39. The average Bonchev–Trinajstić information content (AvgIpc) is 2.60. The molecule has 1 aliphatic rings. The van der Waals surface area contributed by atoms with E-state index >= 15 is 0 Å². The quantitative estimate of drug-likeness (QED) is 0.604. The number of hydrogen-bond acceptors (Lipinski definition) is 5. The highest BCUT2D eigenvalue weighted by molar-refractivity contribution is 6.12. The van der Waals surface area contributed by atoms with E-state index in [4.69, 9.17) is 10.2 Å². The lowest BCUT2D eigenvalue weighted by atomic mass is 9.80. The summed E-state index contributed by atoms with van der Waals surface area (Å²) >= 11 is 0. The molecule has 9 heteroatoms. The summed E-state index contributed by atoms with van der Waals surface area (Å²) in [6, 6.07) is 3.86. The van der Waals surface area contributed by atoms with Crippen LogP contribution >= 0.6 is 0 Å². The number of nitro benzene ring substituents is 1. The van der Waals surface area contributed by atoms with Gasteiger partial charge in [-0.2, -0.15) is 0 Å². The Labute approximate surface area is 123 Å². The zero-order valence-electron chi connectivity index (χ0n) is 11.5. The molecule has 0 saturated carbocycles. The molecule has 1 aromatic carbocycles. The van der Waals surface area contributed by atoms with Crippen molar-refractivity contribution in [1.82, 2.24) is 0 Å². The van der Waals surface area contributed by atoms with Gasteiger partial charge >= 0.3 is 11.9 Å². The van der Waals surface area contributed by atoms with Crippen molar-refractivity contribution in [1.29, 1.82) is 0 Å². The second-order valence-corrected chi connectivity index (χ2v) is 5.12. The number of hydrogen-bond donors (Lipinski definition) is 2. The first-order valence-electron chi connectivity index (χ1n) is 6.22. The number of benzene rings is 1. The van der Waals surface area contributed by atoms with Crippen molar-refractivity contribution in [2.45, 2.75) is 18.8 Å². The number of fused-ring (bicyclic) bond motifs is 1. The van der Waals surface area contributed by atoms with Crippen molar-refractivity contribution >= 4 is 29.2 Å². The Kier molecular flexibility index (Phi) is 3.57. The first-order valence-corrected chi connectivity index (χ1v) is 6.22. The molecule has 0 aliphatic carbocycles. The van der Waals surface area contributed by atoms with E-state index in [2.05, 4.69) is 0 Å². The second kappa shape index (κ2) is 5.10. The van der Waals surface area contributed by atoms with Crippen molar-refractivity contribution in [2.24, 2.45) is 0 Å². The SMILES string of the molecule is CC1(CC(=O)O)C(=O)N(CC(=O)O)c2cccc([N+](=O)[O-])c21. The third kappa shape index (κ3) is 2.26. The van der Waals surface area contributed by atoms with Crippen molar-refractivity contribution in [2.75, 3.05) is 11.4 Å². The first-order chi connectivity index (χ1) is 10.2. The molecule has 0 aromatic heterocycles. The van der Waals surface area contributed by atoms with Crippen molar-refractivity contribution in [3.05, 3.63) is 33.9 Å². The van der Waals surface area contributed by atoms with Gasteiger partial charge in [0.1, 0.15) is 6.54 Å². The van der Waals surface area contributed by atoms with Crippen molar-refractivity contribution in [3.8, 4) is 0 Å². The highest BCUT2D eigenvalue weighted by atomic mass is 16.6. The lowest BCUT2D eigenvalue weighted by Crippen LogP contribution is -2.42. The molecular weight excluding hydrogens is 296 g/mol. The van der Waals surface area contributed by atoms with Crippen LogP contribution in [0.1, 0.15) is 18.9 Å². The minimum absolute atomic E-state index is 0.0605. The van der Waals surface area contributed by atoms with E-state index < -0.39 is 46.8 Å². The smallest absolute Gasteiger partial charge is 0.323 e. The van der Waals surface area contributed by atoms with E-state index in [0.717, 1.165) is 11.0 Å². The van der Waals surface area contributed by atoms with Gasteiger partial charge in [-0.1, -0.05) is 6.07 Å². The summed E-state index contributed by atoms with van der Waals surface area (Å²) in [5.41, 5.74) is -2.08. The Bertz CT molecular complexity index is 700. The van der Waals surface area contributed by atoms with Crippen LogP contribution in [0.4, 0.5) is 11.4 Å². The van der Waals surface area contributed by atoms with Crippen LogP contribution in [0.5, 0.6) is 0 Å². The van der Waals surface area contributed by atoms with Gasteiger partial charge in [0.15, 0.2) is 0 Å². The molecule has 0 radical (unpaired) electrons. The minimum Gasteiger partial charge on any atom is -0.481 e. The Hall–Kier alpha value is -2.97. The molecular formula is C13H12N2O7. The van der Waals surface area contributed by atoms with Gasteiger partial charge in [-0.3, -0.25) is 29.4 Å². The summed E-state index contributed by atoms with van der Waals surface area (Å²) < 4.78 is 0. The number of nitro groups is 1. The maximum Gasteiger partial charge on any atom is 0.323 e. The fourth-order valence-corrected chi connectivity index (χ4v) is 2.74. The molecule has 1 aliphatic heterocycles. The summed E-state index contributed by atoms with van der Waals surface area (Å²) in [5, 5.41) is 29.1. The Morgan fingerprint density at radius 2 is 1.95 bits per heavy atom. The monoisotopic (exact) mass is 308 g/mol. The molecule has 2 N–H and O–H groups in total. The molecule has 2 rings (SSSR count). The summed E-state index contributed by atoms with van der Waals surface area (Å²) in [4.78, 5) is 45.8. The van der Waals surface area contributed by atoms with Gasteiger partial charge in [-0.15, -0.1) is 0 Å². The molecule has 116 valence electrons. The van der Waals surface area contributed by atoms with Crippen LogP contribution in [-0.2, 0) is 19.8 Å². The number of rotatable bonds is 5. The number of amides is 1. The lowest BCUT2D eigenvalue weighted by molar-refractivity contribution is -0.385. The molecule has 1 heterocycles. The zero-order valence-corrected chi connectivity index (χ0v) is 11.5. The van der Waals surface area contributed by atoms with Gasteiger partial charge in [0, 0.05) is 6.07 Å². The Morgan fingerprint density at radius 1 is 1.32 bits per heavy atom. The van der Waals surface area contributed by atoms with Gasteiger partial charge in [0.05, 0.1) is 28.0 Å². The van der Waals surface area contributed by atoms with Gasteiger partial charge in [-0.05, 0) is 13.0 Å². The Morgan fingerprint density at radius 3 is 2.45 bits per heavy atom. The van der Waals surface area contributed by atoms with E-state index in [9.17, 15) is 24.5 Å². The predicted octanol–water partition coefficient (Wildman–Crippen LogP) is 0.758. The van der Waals surface area contributed by atoms with Gasteiger partial charge in [0.25, 0.3) is 5.69 Å². The molecule has 1 unspecified atom stereocenters. The number of nitrogens with zero attached hydrogens (tertiary/aromatic N) is 2. The maximum atomic E-state index is 12.5. The summed E-state index contributed by atoms with van der Waals surface area (Å²) in [6.07, 6.45) is -0.667. The number of anilines is 1. The van der Waals surface area contributed by atoms with E-state index in [1.807, 2.05) is 0 Å². The maximum absolute atomic E-state index is 12.5. The van der Waals surface area contributed by atoms with E-state index in [1.165, 1.54) is 19.1 Å². The molecule has 9 nitrogen and oxygen atoms in total. The third-order valence-electron chi connectivity index (χ3n) is 3.58. The van der Waals surface area contributed by atoms with Crippen molar-refractivity contribution < 1.29 is 29.5 Å². The molecule has 0 spiro atoms. The van der Waals surface area contributed by atoms with Crippen molar-refractivity contribution in [3.63, 3.8) is 0 Å². The highest BCUT2D eigenvalue weighted by Gasteiger charge is 2.52. The van der Waals surface area contributed by atoms with Gasteiger partial charge in [-0.25, -0.2) is 0 Å². The molecule has 0 saturated heterocycles. The normalized spacial score (nSPS) is 19.9. The first kappa shape index (κ1) is 15.4. The van der Waals surface area contributed by atoms with Crippen LogP contribution in [0, 0.1) is 10.1 Å². The fourth-order valence-electron chi connectivity index (χ4n) is 2.74. The van der Waals surface area contributed by atoms with Crippen LogP contribution in [0.3, 0.4) is 0 Å². The van der Waals surface area contributed by atoms with Gasteiger partial charge in [0.2, 0.25) is 5.91 Å². The van der Waals surface area contributed by atoms with Crippen LogP contribution in [0.25, 0.3) is 0 Å². The molecule has 1 atom stereocenters. The Balaban J connectivity index is 2.71. The molecule has 1 aromatic rings. The molecule has 22 heavy (non-hydrogen) atoms. The average molecular weight is 308 g/mol. The second-order valence-electron chi connectivity index (χ2n) is 5.12. The van der Waals surface area contributed by atoms with Crippen LogP contribution in [0.15, 0.2) is 18.2 Å². The summed E-state index contributed by atoms with van der Waals surface area (Å²) in [6.45, 7) is 0.583. The zero-order chi connectivity index (χ0) is 16.7. The third-order valence-corrected chi connectivity index (χ3v) is 3.58. The van der Waals surface area contributed by atoms with Crippen LogP contribution in [0.2, 0.25) is 0 Å². The van der Waals surface area contributed by atoms with E-state index in [-0.39, 0.29) is 11.3 Å². The highest BCUT2D eigenvalue weighted by Crippen LogP contribution is 2.48. The minimum atomic E-state index is -1.68. The number of carboxylic acid groups (broad SMARTS) is 2. The molecule has 1 amide bonds. The number of aliphatic carboxylic acids is 2. The summed E-state index contributed by atoms with van der Waals surface area (Å²) in [7, 11) is 0. The van der Waals surface area contributed by atoms with E-state index in [0.29, 0.717) is 0 Å². The fraction of sp³-hybridized carbons (Fsp3) is 0.308. The molecule has 0 fully saturated rings. The largest absolute Gasteiger partial charge is 0.481 e. The lowest BCUT2D eigenvalue weighted by Gasteiger charge is -2.21.